The fourth-order valence-corrected chi connectivity index (χ4v) is 7.39. The predicted molar refractivity (Wildman–Crippen MR) is 160 cm³/mol. The molecule has 7 heteroatoms. The zero-order valence-corrected chi connectivity index (χ0v) is 24.0. The highest BCUT2D eigenvalue weighted by atomic mass is 32.2. The van der Waals surface area contributed by atoms with Crippen LogP contribution in [0.4, 0.5) is 5.69 Å². The van der Waals surface area contributed by atoms with Crippen molar-refractivity contribution in [3.63, 3.8) is 0 Å². The first-order chi connectivity index (χ1) is 18.5. The van der Waals surface area contributed by atoms with Crippen molar-refractivity contribution in [3.05, 3.63) is 81.0 Å². The average molecular weight is 546 g/mol. The highest BCUT2D eigenvalue weighted by Crippen LogP contribution is 2.35. The van der Waals surface area contributed by atoms with Gasteiger partial charge in [0.25, 0.3) is 5.56 Å². The molecule has 1 amide bonds. The largest absolute Gasteiger partial charge is 0.309 e. The molecule has 2 aromatic carbocycles. The molecule has 1 aliphatic carbocycles. The van der Waals surface area contributed by atoms with Gasteiger partial charge in [-0.25, -0.2) is 4.98 Å². The molecule has 0 unspecified atom stereocenters. The van der Waals surface area contributed by atoms with Crippen molar-refractivity contribution in [1.82, 2.24) is 9.55 Å². The third-order valence-electron chi connectivity index (χ3n) is 7.12. The minimum Gasteiger partial charge on any atom is -0.309 e. The van der Waals surface area contributed by atoms with Gasteiger partial charge in [0.2, 0.25) is 5.91 Å². The number of aryl methyl sites for hydroxylation is 3. The van der Waals surface area contributed by atoms with Crippen LogP contribution in [-0.4, -0.2) is 27.3 Å². The van der Waals surface area contributed by atoms with Gasteiger partial charge in [-0.3, -0.25) is 14.2 Å². The van der Waals surface area contributed by atoms with Crippen molar-refractivity contribution in [3.8, 4) is 5.69 Å². The van der Waals surface area contributed by atoms with E-state index in [-0.39, 0.29) is 23.3 Å². The number of rotatable bonds is 9. The molecule has 0 aliphatic heterocycles. The fourth-order valence-electron chi connectivity index (χ4n) is 5.22. The third kappa shape index (κ3) is 5.45. The number of thioether (sulfide) groups is 1. The van der Waals surface area contributed by atoms with Gasteiger partial charge in [-0.2, -0.15) is 0 Å². The first-order valence-corrected chi connectivity index (χ1v) is 15.4. The minimum absolute atomic E-state index is 0.00233. The molecule has 4 aromatic rings. The van der Waals surface area contributed by atoms with Crippen LogP contribution in [0.2, 0.25) is 0 Å². The Labute approximate surface area is 232 Å². The standard InChI is InChI=1S/C31H35N3O2S2/c1-4-5-11-22-16-18-24(19-17-22)34-30(36)28-25-14-9-10-15-26(25)38-29(28)32-31(34)37-20-27(35)33(21(2)3)23-12-7-6-8-13-23/h6-8,12-13,16-19,21H,4-5,9-11,14-15,20H2,1-3H3. The fraction of sp³-hybridized carbons (Fsp3) is 0.387. The lowest BCUT2D eigenvalue weighted by molar-refractivity contribution is -0.116. The van der Waals surface area contributed by atoms with Crippen molar-refractivity contribution in [1.29, 1.82) is 0 Å². The Hall–Kier alpha value is -2.90. The summed E-state index contributed by atoms with van der Waals surface area (Å²) in [5.41, 5.74) is 4.12. The van der Waals surface area contributed by atoms with Crippen molar-refractivity contribution >= 4 is 44.9 Å². The summed E-state index contributed by atoms with van der Waals surface area (Å²) in [6.07, 6.45) is 7.55. The van der Waals surface area contributed by atoms with Crippen LogP contribution in [-0.2, 0) is 24.1 Å². The van der Waals surface area contributed by atoms with E-state index in [0.29, 0.717) is 5.16 Å². The van der Waals surface area contributed by atoms with Gasteiger partial charge in [0.05, 0.1) is 16.8 Å². The molecule has 0 spiro atoms. The summed E-state index contributed by atoms with van der Waals surface area (Å²) < 4.78 is 1.73. The number of hydrogen-bond donors (Lipinski definition) is 0. The second-order valence-electron chi connectivity index (χ2n) is 10.2. The maximum Gasteiger partial charge on any atom is 0.267 e. The molecule has 0 bridgehead atoms. The SMILES string of the molecule is CCCCc1ccc(-n2c(SCC(=O)N(c3ccccc3)C(C)C)nc3sc4c(c3c2=O)CCCC4)cc1. The van der Waals surface area contributed by atoms with E-state index in [2.05, 4.69) is 19.1 Å². The number of unbranched alkanes of at least 4 members (excludes halogenated alkanes) is 1. The van der Waals surface area contributed by atoms with E-state index >= 15 is 0 Å². The molecule has 5 nitrogen and oxygen atoms in total. The van der Waals surface area contributed by atoms with Gasteiger partial charge in [-0.15, -0.1) is 11.3 Å². The molecular weight excluding hydrogens is 510 g/mol. The van der Waals surface area contributed by atoms with Crippen LogP contribution in [0.1, 0.15) is 62.5 Å². The molecule has 0 atom stereocenters. The van der Waals surface area contributed by atoms with E-state index in [1.54, 1.807) is 15.9 Å². The van der Waals surface area contributed by atoms with Gasteiger partial charge < -0.3 is 4.90 Å². The molecular formula is C31H35N3O2S2. The van der Waals surface area contributed by atoms with E-state index in [0.717, 1.165) is 66.5 Å². The van der Waals surface area contributed by atoms with Crippen LogP contribution < -0.4 is 10.5 Å². The number of thiophene rings is 1. The molecule has 2 heterocycles. The lowest BCUT2D eigenvalue weighted by atomic mass is 9.97. The quantitative estimate of drug-likeness (QED) is 0.165. The van der Waals surface area contributed by atoms with Gasteiger partial charge >= 0.3 is 0 Å². The number of fused-ring (bicyclic) bond motifs is 3. The van der Waals surface area contributed by atoms with Crippen molar-refractivity contribution in [2.45, 2.75) is 76.9 Å². The van der Waals surface area contributed by atoms with E-state index < -0.39 is 0 Å². The summed E-state index contributed by atoms with van der Waals surface area (Å²) in [6.45, 7) is 6.23. The lowest BCUT2D eigenvalue weighted by Crippen LogP contribution is -2.38. The Balaban J connectivity index is 1.53. The van der Waals surface area contributed by atoms with Gasteiger partial charge in [0.15, 0.2) is 5.16 Å². The monoisotopic (exact) mass is 545 g/mol. The number of anilines is 1. The molecule has 5 rings (SSSR count). The number of aromatic nitrogens is 2. The number of carbonyl (C=O) groups is 1. The Morgan fingerprint density at radius 3 is 2.53 bits per heavy atom. The van der Waals surface area contributed by atoms with Gasteiger partial charge in [-0.05, 0) is 87.8 Å². The van der Waals surface area contributed by atoms with Crippen LogP contribution in [0, 0.1) is 0 Å². The number of carbonyl (C=O) groups excluding carboxylic acids is 1. The van der Waals surface area contributed by atoms with Gasteiger partial charge in [-0.1, -0.05) is 55.4 Å². The van der Waals surface area contributed by atoms with Crippen molar-refractivity contribution in [2.24, 2.45) is 0 Å². The second kappa shape index (κ2) is 11.9. The normalized spacial score (nSPS) is 13.2. The molecule has 0 N–H and O–H groups in total. The minimum atomic E-state index is -0.0190. The summed E-state index contributed by atoms with van der Waals surface area (Å²) in [7, 11) is 0. The number of hydrogen-bond acceptors (Lipinski definition) is 5. The molecule has 0 saturated carbocycles. The Kier molecular flexibility index (Phi) is 8.34. The van der Waals surface area contributed by atoms with E-state index in [9.17, 15) is 9.59 Å². The smallest absolute Gasteiger partial charge is 0.267 e. The average Bonchev–Trinajstić information content (AvgIpc) is 3.30. The van der Waals surface area contributed by atoms with Crippen LogP contribution in [0.3, 0.4) is 0 Å². The maximum atomic E-state index is 14.1. The van der Waals surface area contributed by atoms with E-state index in [4.69, 9.17) is 4.98 Å². The Morgan fingerprint density at radius 1 is 1.08 bits per heavy atom. The van der Waals surface area contributed by atoms with Crippen molar-refractivity contribution < 1.29 is 4.79 Å². The Bertz CT molecular complexity index is 1470. The number of nitrogens with zero attached hydrogens (tertiary/aromatic N) is 3. The molecule has 1 aliphatic rings. The third-order valence-corrected chi connectivity index (χ3v) is 9.22. The maximum absolute atomic E-state index is 14.1. The predicted octanol–water partition coefficient (Wildman–Crippen LogP) is 7.20. The zero-order valence-electron chi connectivity index (χ0n) is 22.4. The second-order valence-corrected chi connectivity index (χ2v) is 12.2. The molecule has 0 radical (unpaired) electrons. The molecule has 0 fully saturated rings. The first kappa shape index (κ1) is 26.7. The zero-order chi connectivity index (χ0) is 26.6. The summed E-state index contributed by atoms with van der Waals surface area (Å²) in [5.74, 6) is 0.197. The van der Waals surface area contributed by atoms with Gasteiger partial charge in [0, 0.05) is 16.6 Å². The highest BCUT2D eigenvalue weighted by Gasteiger charge is 2.25. The van der Waals surface area contributed by atoms with Crippen LogP contribution in [0.25, 0.3) is 15.9 Å². The number of amides is 1. The molecule has 38 heavy (non-hydrogen) atoms. The summed E-state index contributed by atoms with van der Waals surface area (Å²) in [5, 5.41) is 1.34. The lowest BCUT2D eigenvalue weighted by Gasteiger charge is -2.27. The highest BCUT2D eigenvalue weighted by molar-refractivity contribution is 7.99. The van der Waals surface area contributed by atoms with Gasteiger partial charge in [0.1, 0.15) is 4.83 Å². The molecule has 2 aromatic heterocycles. The van der Waals surface area contributed by atoms with E-state index in [1.807, 2.05) is 61.2 Å². The van der Waals surface area contributed by atoms with Crippen molar-refractivity contribution in [2.75, 3.05) is 10.7 Å². The Morgan fingerprint density at radius 2 is 1.82 bits per heavy atom. The molecule has 0 saturated heterocycles. The van der Waals surface area contributed by atoms with Crippen LogP contribution in [0.15, 0.2) is 64.5 Å². The summed E-state index contributed by atoms with van der Waals surface area (Å²) in [4.78, 5) is 36.5. The first-order valence-electron chi connectivity index (χ1n) is 13.6. The summed E-state index contributed by atoms with van der Waals surface area (Å²) in [6, 6.07) is 18.0. The summed E-state index contributed by atoms with van der Waals surface area (Å²) >= 11 is 3.00. The number of benzene rings is 2. The van der Waals surface area contributed by atoms with E-state index in [1.165, 1.54) is 27.8 Å². The number of para-hydroxylation sites is 1. The van der Waals surface area contributed by atoms with Crippen LogP contribution >= 0.6 is 23.1 Å². The topological polar surface area (TPSA) is 55.2 Å². The van der Waals surface area contributed by atoms with Crippen LogP contribution in [0.5, 0.6) is 0 Å². The molecule has 198 valence electrons.